The van der Waals surface area contributed by atoms with Crippen molar-refractivity contribution < 1.29 is 32.9 Å². The summed E-state index contributed by atoms with van der Waals surface area (Å²) in [6, 6.07) is 12.9. The van der Waals surface area contributed by atoms with E-state index in [9.17, 15) is 19.3 Å². The fraction of sp³-hybridized carbons (Fsp3) is 0.273. The Balaban J connectivity index is 1.94. The van der Waals surface area contributed by atoms with E-state index in [0.29, 0.717) is 16.5 Å². The lowest BCUT2D eigenvalue weighted by Crippen LogP contribution is -2.35. The number of fused-ring (bicyclic) bond motifs is 1. The summed E-state index contributed by atoms with van der Waals surface area (Å²) in [6.45, 7) is 3.45. The Morgan fingerprint density at radius 3 is 2.56 bits per heavy atom. The van der Waals surface area contributed by atoms with Crippen LogP contribution in [0.2, 0.25) is 0 Å². The summed E-state index contributed by atoms with van der Waals surface area (Å²) in [5.74, 6) is -3.70. The second-order valence-electron chi connectivity index (χ2n) is 7.07. The topological polar surface area (TPSA) is 102 Å². The van der Waals surface area contributed by atoms with Gasteiger partial charge in [0.25, 0.3) is 0 Å². The highest BCUT2D eigenvalue weighted by Crippen LogP contribution is 2.58. The molecule has 0 radical (unpaired) electrons. The molecule has 3 aromatic rings. The molecule has 0 aliphatic rings. The second-order valence-corrected chi connectivity index (χ2v) is 10.2. The normalized spacial score (nSPS) is 15.0. The Kier molecular flexibility index (Phi) is 7.66. The molecule has 32 heavy (non-hydrogen) atoms. The molecule has 10 heteroatoms. The minimum absolute atomic E-state index is 0.0353. The van der Waals surface area contributed by atoms with Gasteiger partial charge in [-0.15, -0.1) is 11.3 Å². The van der Waals surface area contributed by atoms with Gasteiger partial charge in [-0.05, 0) is 54.6 Å². The maximum absolute atomic E-state index is 15.7. The number of carboxylic acids is 1. The monoisotopic (exact) mass is 479 g/mol. The van der Waals surface area contributed by atoms with Crippen LogP contribution >= 0.6 is 18.9 Å². The van der Waals surface area contributed by atoms with Gasteiger partial charge in [0.05, 0.1) is 6.61 Å². The number of para-hydroxylation sites is 1. The number of rotatable bonds is 10. The number of thiophene rings is 1. The van der Waals surface area contributed by atoms with Crippen LogP contribution in [0.3, 0.4) is 0 Å². The zero-order chi connectivity index (χ0) is 23.3. The number of nitrogens with one attached hydrogen (secondary N) is 1. The number of esters is 1. The summed E-state index contributed by atoms with van der Waals surface area (Å²) in [7, 11) is -4.32. The van der Waals surface area contributed by atoms with Gasteiger partial charge < -0.3 is 14.4 Å². The largest absolute Gasteiger partial charge is 0.477 e. The number of alkyl halides is 1. The van der Waals surface area contributed by atoms with Crippen molar-refractivity contribution in [1.82, 2.24) is 5.09 Å². The minimum Gasteiger partial charge on any atom is -0.477 e. The highest BCUT2D eigenvalue weighted by atomic mass is 32.1. The van der Waals surface area contributed by atoms with Gasteiger partial charge in [-0.25, -0.2) is 14.3 Å². The first kappa shape index (κ1) is 23.9. The molecular formula is C22H23FNO6PS. The number of carboxylic acid groups (broad SMARTS) is 1. The number of halogens is 1. The molecule has 0 spiro atoms. The van der Waals surface area contributed by atoms with E-state index < -0.39 is 31.4 Å². The van der Waals surface area contributed by atoms with Gasteiger partial charge in [0.1, 0.15) is 16.7 Å². The van der Waals surface area contributed by atoms with Crippen molar-refractivity contribution in [3.8, 4) is 5.75 Å². The number of ether oxygens (including phenoxy) is 1. The van der Waals surface area contributed by atoms with Crippen molar-refractivity contribution in [1.29, 1.82) is 0 Å². The summed E-state index contributed by atoms with van der Waals surface area (Å²) >= 11 is 1.06. The van der Waals surface area contributed by atoms with E-state index in [1.54, 1.807) is 24.3 Å². The van der Waals surface area contributed by atoms with Gasteiger partial charge in [-0.2, -0.15) is 0 Å². The second kappa shape index (κ2) is 10.3. The fourth-order valence-corrected chi connectivity index (χ4v) is 5.73. The summed E-state index contributed by atoms with van der Waals surface area (Å²) in [6.07, 6.45) is 0.612. The number of aromatic carboxylic acids is 1. The van der Waals surface area contributed by atoms with Crippen LogP contribution in [0.4, 0.5) is 4.39 Å². The number of hydrogen-bond donors (Lipinski definition) is 2. The lowest BCUT2D eigenvalue weighted by molar-refractivity contribution is -0.145. The third-order valence-electron chi connectivity index (χ3n) is 4.48. The molecule has 170 valence electrons. The number of carbonyl (C=O) groups excluding carboxylic acids is 1. The smallest absolute Gasteiger partial charge is 0.355 e. The molecule has 0 fully saturated rings. The Hall–Kier alpha value is -2.74. The molecular weight excluding hydrogens is 456 g/mol. The molecule has 0 bridgehead atoms. The maximum Gasteiger partial charge on any atom is 0.355 e. The van der Waals surface area contributed by atoms with Crippen LogP contribution in [0.5, 0.6) is 5.75 Å². The molecule has 2 N–H and O–H groups in total. The van der Waals surface area contributed by atoms with Gasteiger partial charge in [-0.3, -0.25) is 9.36 Å². The summed E-state index contributed by atoms with van der Waals surface area (Å²) < 4.78 is 40.7. The molecule has 2 aromatic carbocycles. The van der Waals surface area contributed by atoms with Gasteiger partial charge in [0.15, 0.2) is 0 Å². The molecule has 2 unspecified atom stereocenters. The molecule has 0 saturated carbocycles. The van der Waals surface area contributed by atoms with Crippen molar-refractivity contribution in [3.63, 3.8) is 0 Å². The first-order valence-electron chi connectivity index (χ1n) is 9.93. The van der Waals surface area contributed by atoms with Crippen LogP contribution < -0.4 is 9.61 Å². The number of carbonyl (C=O) groups is 2. The van der Waals surface area contributed by atoms with Gasteiger partial charge in [0.2, 0.25) is 5.91 Å². The Labute approximate surface area is 188 Å². The molecule has 0 aliphatic carbocycles. The van der Waals surface area contributed by atoms with E-state index in [1.165, 1.54) is 37.3 Å². The quantitative estimate of drug-likeness (QED) is 0.281. The lowest BCUT2D eigenvalue weighted by Gasteiger charge is -2.26. The van der Waals surface area contributed by atoms with Crippen molar-refractivity contribution >= 4 is 40.9 Å². The summed E-state index contributed by atoms with van der Waals surface area (Å²) in [5, 5.41) is 12.2. The van der Waals surface area contributed by atoms with Crippen molar-refractivity contribution in [2.45, 2.75) is 32.2 Å². The van der Waals surface area contributed by atoms with Crippen LogP contribution in [-0.2, 0) is 14.1 Å². The molecule has 7 nitrogen and oxygen atoms in total. The van der Waals surface area contributed by atoms with E-state index in [1.807, 2.05) is 6.92 Å². The summed E-state index contributed by atoms with van der Waals surface area (Å²) in [5.41, 5.74) is 0.0353. The van der Waals surface area contributed by atoms with Crippen LogP contribution in [0.15, 0.2) is 54.6 Å². The number of benzene rings is 2. The molecule has 0 amide bonds. The predicted molar refractivity (Wildman–Crippen MR) is 121 cm³/mol. The first-order valence-corrected chi connectivity index (χ1v) is 12.4. The van der Waals surface area contributed by atoms with E-state index in [0.717, 1.165) is 11.3 Å². The highest BCUT2D eigenvalue weighted by Gasteiger charge is 2.40. The van der Waals surface area contributed by atoms with E-state index in [2.05, 4.69) is 5.09 Å². The third kappa shape index (κ3) is 5.54. The Morgan fingerprint density at radius 1 is 1.19 bits per heavy atom. The van der Waals surface area contributed by atoms with Crippen LogP contribution in [0.25, 0.3) is 10.1 Å². The first-order chi connectivity index (χ1) is 15.2. The Morgan fingerprint density at radius 2 is 1.91 bits per heavy atom. The van der Waals surface area contributed by atoms with Gasteiger partial charge in [0, 0.05) is 4.70 Å². The highest BCUT2D eigenvalue weighted by molar-refractivity contribution is 7.57. The molecule has 3 atom stereocenters. The molecule has 1 heterocycles. The number of hydrogen-bond acceptors (Lipinski definition) is 6. The van der Waals surface area contributed by atoms with Crippen molar-refractivity contribution in [2.75, 3.05) is 6.61 Å². The Bertz CT molecular complexity index is 1150. The summed E-state index contributed by atoms with van der Waals surface area (Å²) in [4.78, 5) is 23.5. The average Bonchev–Trinajstić information content (AvgIpc) is 3.21. The van der Waals surface area contributed by atoms with Crippen molar-refractivity contribution in [3.05, 3.63) is 65.0 Å². The predicted octanol–water partition coefficient (Wildman–Crippen LogP) is 5.77. The van der Waals surface area contributed by atoms with Gasteiger partial charge in [-0.1, -0.05) is 31.2 Å². The van der Waals surface area contributed by atoms with Crippen LogP contribution in [-0.4, -0.2) is 29.7 Å². The third-order valence-corrected chi connectivity index (χ3v) is 7.71. The molecule has 0 saturated heterocycles. The average molecular weight is 479 g/mol. The molecule has 0 aliphatic heterocycles. The van der Waals surface area contributed by atoms with Crippen molar-refractivity contribution in [2.24, 2.45) is 0 Å². The minimum atomic E-state index is -4.32. The lowest BCUT2D eigenvalue weighted by atomic mass is 10.2. The van der Waals surface area contributed by atoms with E-state index in [-0.39, 0.29) is 22.8 Å². The van der Waals surface area contributed by atoms with Crippen LogP contribution in [0.1, 0.15) is 41.4 Å². The van der Waals surface area contributed by atoms with E-state index >= 15 is 4.39 Å². The van der Waals surface area contributed by atoms with Gasteiger partial charge >= 0.3 is 19.5 Å². The standard InChI is InChI=1S/C22H23FNO6PS/c1-3-11-29-22(27)14(2)24-31(28,30-17-7-5-4-6-8-17)20(23)15-9-10-18-16(12-15)13-19(32-18)21(25)26/h4-10,12-14,20H,3,11H2,1-2H3,(H,24,28)(H,25,26)/t14?,20-,31?/m0/s1. The maximum atomic E-state index is 15.7. The zero-order valence-corrected chi connectivity index (χ0v) is 19.2. The van der Waals surface area contributed by atoms with Crippen LogP contribution in [0, 0.1) is 0 Å². The zero-order valence-electron chi connectivity index (χ0n) is 17.5. The molecule has 3 rings (SSSR count). The SMILES string of the molecule is CCCOC(=O)C(C)NP(=O)(Oc1ccccc1)[C@H](F)c1ccc2sc(C(=O)O)cc2c1. The fourth-order valence-electron chi connectivity index (χ4n) is 2.94. The van der Waals surface area contributed by atoms with E-state index in [4.69, 9.17) is 9.26 Å². The molecule has 1 aromatic heterocycles.